The molecule has 0 aromatic heterocycles. The number of nitrogens with two attached hydrogens (primary N) is 1. The van der Waals surface area contributed by atoms with Crippen LogP contribution in [0.3, 0.4) is 0 Å². The van der Waals surface area contributed by atoms with E-state index in [1.165, 1.54) is 0 Å². The van der Waals surface area contributed by atoms with Gasteiger partial charge in [-0.05, 0) is 25.0 Å². The standard InChI is InChI=1S/C13H16ClNO/c14-11-6-2-1-5-10(11)12(16)13(9-15)7-3-4-8-13/h1-2,5-6H,3-4,7-9,15H2. The summed E-state index contributed by atoms with van der Waals surface area (Å²) >= 11 is 6.05. The number of carbonyl (C=O) groups excluding carboxylic acids is 1. The van der Waals surface area contributed by atoms with Gasteiger partial charge in [-0.1, -0.05) is 36.6 Å². The molecule has 1 aromatic carbocycles. The minimum absolute atomic E-state index is 0.123. The smallest absolute Gasteiger partial charge is 0.171 e. The molecule has 1 saturated carbocycles. The van der Waals surface area contributed by atoms with Gasteiger partial charge in [0.1, 0.15) is 0 Å². The van der Waals surface area contributed by atoms with Crippen molar-refractivity contribution >= 4 is 17.4 Å². The normalized spacial score (nSPS) is 18.6. The molecule has 16 heavy (non-hydrogen) atoms. The number of hydrogen-bond acceptors (Lipinski definition) is 2. The molecule has 1 fully saturated rings. The van der Waals surface area contributed by atoms with Crippen LogP contribution in [0.25, 0.3) is 0 Å². The number of carbonyl (C=O) groups is 1. The zero-order valence-corrected chi connectivity index (χ0v) is 9.96. The highest BCUT2D eigenvalue weighted by Gasteiger charge is 2.40. The number of benzene rings is 1. The van der Waals surface area contributed by atoms with Gasteiger partial charge >= 0.3 is 0 Å². The third-order valence-electron chi connectivity index (χ3n) is 3.55. The highest BCUT2D eigenvalue weighted by atomic mass is 35.5. The molecule has 1 aliphatic rings. The van der Waals surface area contributed by atoms with Crippen molar-refractivity contribution in [3.05, 3.63) is 34.9 Å². The summed E-state index contributed by atoms with van der Waals surface area (Å²) in [5.41, 5.74) is 6.06. The first-order valence-electron chi connectivity index (χ1n) is 5.69. The fraction of sp³-hybridized carbons (Fsp3) is 0.462. The van der Waals surface area contributed by atoms with Crippen LogP contribution >= 0.6 is 11.6 Å². The second-order valence-electron chi connectivity index (χ2n) is 4.50. The molecule has 2 N–H and O–H groups in total. The van der Waals surface area contributed by atoms with Gasteiger partial charge in [-0.25, -0.2) is 0 Å². The Morgan fingerprint density at radius 1 is 1.31 bits per heavy atom. The van der Waals surface area contributed by atoms with Crippen LogP contribution in [0.5, 0.6) is 0 Å². The van der Waals surface area contributed by atoms with E-state index in [4.69, 9.17) is 17.3 Å². The van der Waals surface area contributed by atoms with E-state index in [9.17, 15) is 4.79 Å². The highest BCUT2D eigenvalue weighted by molar-refractivity contribution is 6.34. The van der Waals surface area contributed by atoms with E-state index in [1.807, 2.05) is 12.1 Å². The number of ketones is 1. The van der Waals surface area contributed by atoms with Gasteiger partial charge in [0, 0.05) is 17.5 Å². The Hall–Kier alpha value is -0.860. The molecule has 1 aromatic rings. The minimum atomic E-state index is -0.356. The molecule has 2 nitrogen and oxygen atoms in total. The van der Waals surface area contributed by atoms with E-state index in [-0.39, 0.29) is 11.2 Å². The van der Waals surface area contributed by atoms with Gasteiger partial charge in [-0.15, -0.1) is 0 Å². The molecule has 0 aliphatic heterocycles. The van der Waals surface area contributed by atoms with E-state index in [0.29, 0.717) is 17.1 Å². The maximum absolute atomic E-state index is 12.5. The summed E-state index contributed by atoms with van der Waals surface area (Å²) < 4.78 is 0. The third kappa shape index (κ3) is 1.87. The largest absolute Gasteiger partial charge is 0.329 e. The fourth-order valence-electron chi connectivity index (χ4n) is 2.51. The Morgan fingerprint density at radius 2 is 1.94 bits per heavy atom. The molecule has 0 heterocycles. The first-order chi connectivity index (χ1) is 7.69. The van der Waals surface area contributed by atoms with Crippen molar-refractivity contribution in [2.75, 3.05) is 6.54 Å². The molecule has 0 amide bonds. The zero-order valence-electron chi connectivity index (χ0n) is 9.21. The lowest BCUT2D eigenvalue weighted by atomic mass is 9.79. The van der Waals surface area contributed by atoms with Gasteiger partial charge < -0.3 is 5.73 Å². The van der Waals surface area contributed by atoms with Gasteiger partial charge in [0.15, 0.2) is 5.78 Å². The van der Waals surface area contributed by atoms with E-state index in [2.05, 4.69) is 0 Å². The van der Waals surface area contributed by atoms with E-state index in [1.54, 1.807) is 12.1 Å². The van der Waals surface area contributed by atoms with Crippen LogP contribution in [0.4, 0.5) is 0 Å². The maximum atomic E-state index is 12.5. The average Bonchev–Trinajstić information content (AvgIpc) is 2.78. The van der Waals surface area contributed by atoms with Crippen molar-refractivity contribution in [1.29, 1.82) is 0 Å². The Kier molecular flexibility index (Phi) is 3.31. The lowest BCUT2D eigenvalue weighted by molar-refractivity contribution is 0.0810. The second-order valence-corrected chi connectivity index (χ2v) is 4.91. The summed E-state index contributed by atoms with van der Waals surface area (Å²) in [6, 6.07) is 7.23. The summed E-state index contributed by atoms with van der Waals surface area (Å²) in [5, 5.41) is 0.534. The van der Waals surface area contributed by atoms with Crippen molar-refractivity contribution in [2.24, 2.45) is 11.1 Å². The van der Waals surface area contributed by atoms with Crippen molar-refractivity contribution in [3.63, 3.8) is 0 Å². The number of halogens is 1. The summed E-state index contributed by atoms with van der Waals surface area (Å²) in [7, 11) is 0. The van der Waals surface area contributed by atoms with Crippen molar-refractivity contribution in [3.8, 4) is 0 Å². The van der Waals surface area contributed by atoms with Crippen LogP contribution in [0.2, 0.25) is 5.02 Å². The molecule has 3 heteroatoms. The minimum Gasteiger partial charge on any atom is -0.329 e. The Bertz CT molecular complexity index is 397. The Labute approximate surface area is 101 Å². The van der Waals surface area contributed by atoms with E-state index in [0.717, 1.165) is 25.7 Å². The van der Waals surface area contributed by atoms with Crippen molar-refractivity contribution in [2.45, 2.75) is 25.7 Å². The topological polar surface area (TPSA) is 43.1 Å². The van der Waals surface area contributed by atoms with Crippen molar-refractivity contribution < 1.29 is 4.79 Å². The van der Waals surface area contributed by atoms with Crippen LogP contribution in [-0.4, -0.2) is 12.3 Å². The molecule has 0 radical (unpaired) electrons. The second kappa shape index (κ2) is 4.56. The maximum Gasteiger partial charge on any atom is 0.171 e. The first-order valence-corrected chi connectivity index (χ1v) is 6.07. The predicted molar refractivity (Wildman–Crippen MR) is 65.7 cm³/mol. The molecule has 0 atom stereocenters. The summed E-state index contributed by atoms with van der Waals surface area (Å²) in [6.45, 7) is 0.428. The van der Waals surface area contributed by atoms with E-state index >= 15 is 0 Å². The van der Waals surface area contributed by atoms with Gasteiger partial charge in [-0.2, -0.15) is 0 Å². The molecular weight excluding hydrogens is 222 g/mol. The summed E-state index contributed by atoms with van der Waals surface area (Å²) in [4.78, 5) is 12.5. The Morgan fingerprint density at radius 3 is 2.50 bits per heavy atom. The molecule has 0 spiro atoms. The van der Waals surface area contributed by atoms with Gasteiger partial charge in [0.25, 0.3) is 0 Å². The molecule has 0 bridgehead atoms. The van der Waals surface area contributed by atoms with E-state index < -0.39 is 0 Å². The highest BCUT2D eigenvalue weighted by Crippen LogP contribution is 2.40. The third-order valence-corrected chi connectivity index (χ3v) is 3.88. The van der Waals surface area contributed by atoms with Gasteiger partial charge in [0.2, 0.25) is 0 Å². The Balaban J connectivity index is 2.34. The molecule has 1 aliphatic carbocycles. The summed E-state index contributed by atoms with van der Waals surface area (Å²) in [6.07, 6.45) is 3.97. The zero-order chi connectivity index (χ0) is 11.6. The van der Waals surface area contributed by atoms with Crippen LogP contribution < -0.4 is 5.73 Å². The lowest BCUT2D eigenvalue weighted by Gasteiger charge is -2.25. The molecule has 2 rings (SSSR count). The fourth-order valence-corrected chi connectivity index (χ4v) is 2.73. The molecule has 0 unspecified atom stereocenters. The first kappa shape index (κ1) is 11.6. The van der Waals surface area contributed by atoms with Crippen LogP contribution in [0.1, 0.15) is 36.0 Å². The molecule has 0 saturated heterocycles. The number of Topliss-reactive ketones (excluding diaryl/α,β-unsaturated/α-hetero) is 1. The number of rotatable bonds is 3. The molecule has 86 valence electrons. The quantitative estimate of drug-likeness (QED) is 0.822. The summed E-state index contributed by atoms with van der Waals surface area (Å²) in [5.74, 6) is 0.123. The van der Waals surface area contributed by atoms with Crippen molar-refractivity contribution in [1.82, 2.24) is 0 Å². The van der Waals surface area contributed by atoms with Crippen LogP contribution in [-0.2, 0) is 0 Å². The van der Waals surface area contributed by atoms with Crippen LogP contribution in [0.15, 0.2) is 24.3 Å². The van der Waals surface area contributed by atoms with Gasteiger partial charge in [0.05, 0.1) is 5.02 Å². The SMILES string of the molecule is NCC1(C(=O)c2ccccc2Cl)CCCC1. The lowest BCUT2D eigenvalue weighted by Crippen LogP contribution is -2.36. The molecular formula is C13H16ClNO. The van der Waals surface area contributed by atoms with Crippen LogP contribution in [0, 0.1) is 5.41 Å². The van der Waals surface area contributed by atoms with Gasteiger partial charge in [-0.3, -0.25) is 4.79 Å². The predicted octanol–water partition coefficient (Wildman–Crippen LogP) is 3.04. The number of hydrogen-bond donors (Lipinski definition) is 1. The average molecular weight is 238 g/mol. The monoisotopic (exact) mass is 237 g/mol.